The number of carbonyl (C=O) groups is 2. The van der Waals surface area contributed by atoms with Gasteiger partial charge in [-0.3, -0.25) is 9.59 Å². The number of ketones is 2. The number of ether oxygens (including phenoxy) is 1. The van der Waals surface area contributed by atoms with Gasteiger partial charge >= 0.3 is 0 Å². The van der Waals surface area contributed by atoms with Gasteiger partial charge in [0, 0.05) is 61.2 Å². The number of fused-ring (bicyclic) bond motifs is 3. The zero-order chi connectivity index (χ0) is 61.5. The fraction of sp³-hybridized carbons (Fsp3) is 0.737. The number of allylic oxidation sites excluding steroid dienone is 5. The molecule has 0 radical (unpaired) electrons. The third kappa shape index (κ3) is 9.76. The number of epoxide rings is 1. The maximum Gasteiger partial charge on any atom is 0.160 e. The Morgan fingerprint density at radius 1 is 0.851 bits per heavy atom. The van der Waals surface area contributed by atoms with E-state index in [0.29, 0.717) is 57.0 Å². The summed E-state index contributed by atoms with van der Waals surface area (Å²) in [5, 5.41) is 69.5. The number of anilines is 1. The fourth-order valence-corrected chi connectivity index (χ4v) is 24.2. The van der Waals surface area contributed by atoms with Gasteiger partial charge in [-0.25, -0.2) is 0 Å². The van der Waals surface area contributed by atoms with Crippen molar-refractivity contribution in [3.8, 4) is 5.75 Å². The Bertz CT molecular complexity index is 3060. The van der Waals surface area contributed by atoms with Crippen LogP contribution in [0.4, 0.5) is 5.69 Å². The average molecular weight is 1190 g/mol. The van der Waals surface area contributed by atoms with Gasteiger partial charge in [0.1, 0.15) is 17.6 Å². The quantitative estimate of drug-likeness (QED) is 0.0509. The SMILES string of the molecule is CNCc1cc(O)cc(C2C(=O)C34CC=CC2C2(C)C3C(CC35C(CO)C(CCC(C)C)CC6CCC(CO)C7C=CC(C(O)C8OC8(C)C8CCCC8c8cc(N)cc(CC(C)C)c8)C(C8=C(CCC23)C5(C)CC8=O)C67)NCC(C)(O)CCCC4)c1. The van der Waals surface area contributed by atoms with E-state index in [4.69, 9.17) is 10.5 Å². The van der Waals surface area contributed by atoms with Crippen LogP contribution in [0, 0.1) is 105 Å². The molecule has 23 atom stereocenters. The second kappa shape index (κ2) is 22.9. The summed E-state index contributed by atoms with van der Waals surface area (Å²) in [6.45, 7) is 19.4. The minimum atomic E-state index is -0.977. The summed E-state index contributed by atoms with van der Waals surface area (Å²) in [4.78, 5) is 33.1. The number of aromatic hydroxyl groups is 1. The zero-order valence-electron chi connectivity index (χ0n) is 54.3. The molecule has 10 aliphatic carbocycles. The zero-order valence-corrected chi connectivity index (χ0v) is 54.3. The molecule has 2 aromatic carbocycles. The Hall–Kier alpha value is -3.68. The Labute approximate surface area is 521 Å². The Kier molecular flexibility index (Phi) is 16.3. The molecule has 2 saturated heterocycles. The van der Waals surface area contributed by atoms with Crippen molar-refractivity contribution < 1.29 is 39.9 Å². The molecule has 5 saturated carbocycles. The Balaban J connectivity index is 0.990. The van der Waals surface area contributed by atoms with Gasteiger partial charge in [-0.1, -0.05) is 109 Å². The first-order valence-electron chi connectivity index (χ1n) is 35.0. The van der Waals surface area contributed by atoms with Crippen LogP contribution >= 0.6 is 0 Å². The largest absolute Gasteiger partial charge is 0.508 e. The number of nitrogens with one attached hydrogen (secondary N) is 2. The monoisotopic (exact) mass is 1190 g/mol. The van der Waals surface area contributed by atoms with Gasteiger partial charge in [0.15, 0.2) is 5.78 Å². The highest BCUT2D eigenvalue weighted by Crippen LogP contribution is 2.81. The van der Waals surface area contributed by atoms with E-state index in [9.17, 15) is 25.5 Å². The smallest absolute Gasteiger partial charge is 0.160 e. The minimum Gasteiger partial charge on any atom is -0.508 e. The van der Waals surface area contributed by atoms with Crippen LogP contribution < -0.4 is 16.4 Å². The molecule has 12 aliphatic rings. The van der Waals surface area contributed by atoms with Crippen molar-refractivity contribution in [3.63, 3.8) is 0 Å². The number of aliphatic hydroxyl groups is 4. The number of carbonyl (C=O) groups excluding carboxylic acids is 2. The lowest BCUT2D eigenvalue weighted by molar-refractivity contribution is -0.243. The van der Waals surface area contributed by atoms with Crippen molar-refractivity contribution in [2.75, 3.05) is 32.5 Å². The van der Waals surface area contributed by atoms with Crippen LogP contribution in [0.2, 0.25) is 0 Å². The molecular weight excluding hydrogens is 1080 g/mol. The summed E-state index contributed by atoms with van der Waals surface area (Å²) in [6.07, 6.45) is 23.1. The number of Topliss-reactive ketones (excluding diaryl/α,β-unsaturated/α-hetero) is 2. The Morgan fingerprint density at radius 2 is 1.63 bits per heavy atom. The number of nitrogens with two attached hydrogens (primary N) is 1. The lowest BCUT2D eigenvalue weighted by Gasteiger charge is -2.75. The highest BCUT2D eigenvalue weighted by Gasteiger charge is 2.78. The summed E-state index contributed by atoms with van der Waals surface area (Å²) >= 11 is 0. The molecular formula is C76H109N3O8. The van der Waals surface area contributed by atoms with Crippen LogP contribution in [0.25, 0.3) is 0 Å². The number of hydrogen-bond donors (Lipinski definition) is 8. The predicted molar refractivity (Wildman–Crippen MR) is 343 cm³/mol. The van der Waals surface area contributed by atoms with E-state index in [2.05, 4.69) is 108 Å². The van der Waals surface area contributed by atoms with Gasteiger partial charge in [0.2, 0.25) is 0 Å². The summed E-state index contributed by atoms with van der Waals surface area (Å²) < 4.78 is 7.08. The number of phenolic OH excluding ortho intramolecular Hbond substituents is 1. The molecule has 0 aromatic heterocycles. The van der Waals surface area contributed by atoms with Crippen LogP contribution in [0.1, 0.15) is 199 Å². The lowest BCUT2D eigenvalue weighted by atomic mass is 9.29. The van der Waals surface area contributed by atoms with Crippen molar-refractivity contribution in [2.45, 2.75) is 219 Å². The molecule has 7 fully saturated rings. The first kappa shape index (κ1) is 62.1. The number of nitrogen functional groups attached to an aromatic ring is 1. The molecule has 0 amide bonds. The molecule has 14 rings (SSSR count). The van der Waals surface area contributed by atoms with E-state index in [1.54, 1.807) is 0 Å². The summed E-state index contributed by atoms with van der Waals surface area (Å²) in [6, 6.07) is 12.3. The maximum atomic E-state index is 16.6. The molecule has 2 spiro atoms. The van der Waals surface area contributed by atoms with Gasteiger partial charge < -0.3 is 46.6 Å². The van der Waals surface area contributed by atoms with E-state index >= 15 is 9.59 Å². The molecule has 87 heavy (non-hydrogen) atoms. The summed E-state index contributed by atoms with van der Waals surface area (Å²) in [7, 11) is 1.92. The highest BCUT2D eigenvalue weighted by atomic mass is 16.6. The predicted octanol–water partition coefficient (Wildman–Crippen LogP) is 12.3. The topological polar surface area (TPSA) is 198 Å². The number of aliphatic hydroxyl groups excluding tert-OH is 3. The van der Waals surface area contributed by atoms with E-state index in [0.717, 1.165) is 106 Å². The summed E-state index contributed by atoms with van der Waals surface area (Å²) in [5.41, 5.74) is 9.91. The van der Waals surface area contributed by atoms with Crippen LogP contribution in [-0.2, 0) is 27.3 Å². The average Bonchev–Trinajstić information content (AvgIpc) is 1.64. The third-order valence-corrected chi connectivity index (χ3v) is 27.4. The van der Waals surface area contributed by atoms with Gasteiger partial charge in [-0.15, -0.1) is 0 Å². The first-order chi connectivity index (χ1) is 41.5. The fourth-order valence-electron chi connectivity index (χ4n) is 24.2. The normalized spacial score (nSPS) is 45.0. The number of phenols is 1. The number of hydrogen-bond acceptors (Lipinski definition) is 11. The van der Waals surface area contributed by atoms with Gasteiger partial charge in [-0.05, 0) is 250 Å². The number of rotatable bonds is 14. The molecule has 11 nitrogen and oxygen atoms in total. The molecule has 476 valence electrons. The summed E-state index contributed by atoms with van der Waals surface area (Å²) in [5.74, 6) is 0.701. The molecule has 6 bridgehead atoms. The van der Waals surface area contributed by atoms with Crippen LogP contribution in [-0.4, -0.2) is 93.4 Å². The molecule has 2 aliphatic heterocycles. The molecule has 23 unspecified atom stereocenters. The van der Waals surface area contributed by atoms with Gasteiger partial charge in [0.05, 0.1) is 23.2 Å². The Morgan fingerprint density at radius 3 is 2.38 bits per heavy atom. The molecule has 2 aromatic rings. The van der Waals surface area contributed by atoms with Gasteiger partial charge in [-0.2, -0.15) is 0 Å². The van der Waals surface area contributed by atoms with Crippen molar-refractivity contribution in [1.82, 2.24) is 10.6 Å². The van der Waals surface area contributed by atoms with Crippen molar-refractivity contribution in [1.29, 1.82) is 0 Å². The van der Waals surface area contributed by atoms with Crippen molar-refractivity contribution in [3.05, 3.63) is 94.1 Å². The van der Waals surface area contributed by atoms with E-state index < -0.39 is 51.0 Å². The second-order valence-electron chi connectivity index (χ2n) is 33.0. The number of β-amino-alcohol motifs (C(OH)–C–C–N with tert-alkyl or cyclic N) is 1. The second-order valence-corrected chi connectivity index (χ2v) is 33.0. The van der Waals surface area contributed by atoms with Crippen molar-refractivity contribution in [2.24, 2.45) is 105 Å². The van der Waals surface area contributed by atoms with E-state index in [1.165, 1.54) is 16.7 Å². The lowest BCUT2D eigenvalue weighted by Crippen LogP contribution is -2.75. The first-order valence-corrected chi connectivity index (χ1v) is 35.0. The minimum absolute atomic E-state index is 0.00463. The maximum absolute atomic E-state index is 16.6. The number of benzene rings is 2. The van der Waals surface area contributed by atoms with Crippen LogP contribution in [0.5, 0.6) is 5.75 Å². The standard InChI is InChI=1S/C76H109N3O8/c1-42(2)17-18-46-33-47-19-20-48(39-80)54-21-22-55(67(84)70-74(8,87-70)56-15-12-14-53(56)49-29-44(28-43(3)4)31-51(77)34-49)65(63(47)54)66-57-23-24-62-73(7)58-16-13-27-75(69(85)64(58)50-30-45(38-78-9)32-52(82)35-50)26-11-10-25-71(5,86)41-79-60(68(73)75)36-76(62,59(46)40-81)72(57,6)37-61(66)83/h13,16,21-22,29-32,34-35,42-43,46-48,53-56,58-60,62-65,67-68,70,78-82,84,86H,10-12,14-15,17-20,23-28,33,36-41,77H2,1-9H3. The molecule has 2 heterocycles. The third-order valence-electron chi connectivity index (χ3n) is 27.4. The van der Waals surface area contributed by atoms with Gasteiger partial charge in [0.25, 0.3) is 0 Å². The molecule has 11 heteroatoms. The van der Waals surface area contributed by atoms with Crippen LogP contribution in [0.3, 0.4) is 0 Å². The van der Waals surface area contributed by atoms with Crippen molar-refractivity contribution >= 4 is 17.3 Å². The van der Waals surface area contributed by atoms with E-state index in [-0.39, 0.29) is 114 Å². The van der Waals surface area contributed by atoms with Crippen LogP contribution in [0.15, 0.2) is 71.8 Å². The molecule has 9 N–H and O–H groups in total. The highest BCUT2D eigenvalue weighted by molar-refractivity contribution is 6.01. The van der Waals surface area contributed by atoms with E-state index in [1.807, 2.05) is 26.1 Å².